The van der Waals surface area contributed by atoms with Crippen molar-refractivity contribution in [3.05, 3.63) is 35.2 Å². The minimum Gasteiger partial charge on any atom is -0.297 e. The smallest absolute Gasteiger partial charge is 0.273 e. The zero-order chi connectivity index (χ0) is 20.6. The second-order valence-corrected chi connectivity index (χ2v) is 10.2. The van der Waals surface area contributed by atoms with Gasteiger partial charge in [0, 0.05) is 23.8 Å². The standard InChI is InChI=1S/C19H20N4O4S2/c1-12-4-2-3-5-14(12)16-10-28-19(20-16)21-18(25)15-6-7-17(24)23(22-15)13-8-9-29(26,27)11-13/h2-5,10,13H,6-9,11H2,1H3,(H,20,21,25). The molecule has 1 aromatic heterocycles. The van der Waals surface area contributed by atoms with Crippen molar-refractivity contribution in [2.45, 2.75) is 32.2 Å². The number of thiazole rings is 1. The molecule has 8 nitrogen and oxygen atoms in total. The van der Waals surface area contributed by atoms with E-state index in [1.807, 2.05) is 36.6 Å². The minimum absolute atomic E-state index is 0.0410. The molecule has 1 aromatic carbocycles. The summed E-state index contributed by atoms with van der Waals surface area (Å²) in [7, 11) is -3.15. The lowest BCUT2D eigenvalue weighted by atomic mass is 10.1. The van der Waals surface area contributed by atoms with Gasteiger partial charge in [-0.2, -0.15) is 5.10 Å². The summed E-state index contributed by atoms with van der Waals surface area (Å²) in [6.07, 6.45) is 0.699. The molecule has 29 heavy (non-hydrogen) atoms. The predicted molar refractivity (Wildman–Crippen MR) is 111 cm³/mol. The Kier molecular flexibility index (Phi) is 5.22. The Bertz CT molecular complexity index is 1110. The lowest BCUT2D eigenvalue weighted by Gasteiger charge is -2.27. The van der Waals surface area contributed by atoms with Crippen molar-refractivity contribution in [1.29, 1.82) is 0 Å². The van der Waals surface area contributed by atoms with Gasteiger partial charge in [-0.3, -0.25) is 14.9 Å². The summed E-state index contributed by atoms with van der Waals surface area (Å²) in [5.41, 5.74) is 3.08. The summed E-state index contributed by atoms with van der Waals surface area (Å²) in [5, 5.41) is 10.4. The lowest BCUT2D eigenvalue weighted by molar-refractivity contribution is -0.133. The molecule has 0 spiro atoms. The SMILES string of the molecule is Cc1ccccc1-c1csc(NC(=O)C2=NN(C3CCS(=O)(=O)C3)C(=O)CC2)n1. The molecule has 3 heterocycles. The number of sulfone groups is 1. The van der Waals surface area contributed by atoms with Gasteiger partial charge in [-0.05, 0) is 18.9 Å². The Balaban J connectivity index is 1.49. The average Bonchev–Trinajstić information content (AvgIpc) is 3.28. The molecule has 2 aliphatic rings. The molecule has 4 rings (SSSR count). The summed E-state index contributed by atoms with van der Waals surface area (Å²) < 4.78 is 23.4. The van der Waals surface area contributed by atoms with Crippen LogP contribution in [-0.4, -0.2) is 53.5 Å². The van der Waals surface area contributed by atoms with Crippen LogP contribution >= 0.6 is 11.3 Å². The molecule has 2 aromatic rings. The number of amides is 2. The highest BCUT2D eigenvalue weighted by atomic mass is 32.2. The fourth-order valence-corrected chi connectivity index (χ4v) is 5.87. The van der Waals surface area contributed by atoms with Gasteiger partial charge in [-0.1, -0.05) is 24.3 Å². The summed E-state index contributed by atoms with van der Waals surface area (Å²) in [5.74, 6) is -0.739. The van der Waals surface area contributed by atoms with Crippen molar-refractivity contribution >= 4 is 43.8 Å². The molecule has 2 aliphatic heterocycles. The van der Waals surface area contributed by atoms with E-state index >= 15 is 0 Å². The van der Waals surface area contributed by atoms with Crippen molar-refractivity contribution in [2.24, 2.45) is 5.10 Å². The van der Waals surface area contributed by atoms with Gasteiger partial charge in [0.05, 0.1) is 23.2 Å². The molecule has 2 amide bonds. The number of aryl methyl sites for hydroxylation is 1. The highest BCUT2D eigenvalue weighted by Crippen LogP contribution is 2.28. The maximum Gasteiger partial charge on any atom is 0.273 e. The van der Waals surface area contributed by atoms with Crippen LogP contribution in [0.25, 0.3) is 11.3 Å². The molecule has 0 radical (unpaired) electrons. The number of nitrogens with zero attached hydrogens (tertiary/aromatic N) is 3. The molecular weight excluding hydrogens is 412 g/mol. The number of anilines is 1. The van der Waals surface area contributed by atoms with Crippen molar-refractivity contribution < 1.29 is 18.0 Å². The highest BCUT2D eigenvalue weighted by Gasteiger charge is 2.37. The number of hydrogen-bond acceptors (Lipinski definition) is 7. The average molecular weight is 433 g/mol. The van der Waals surface area contributed by atoms with Gasteiger partial charge in [0.25, 0.3) is 5.91 Å². The molecule has 10 heteroatoms. The van der Waals surface area contributed by atoms with E-state index in [0.717, 1.165) is 16.8 Å². The zero-order valence-electron chi connectivity index (χ0n) is 15.8. The first kappa shape index (κ1) is 19.7. The number of hydrazone groups is 1. The monoisotopic (exact) mass is 432 g/mol. The Morgan fingerprint density at radius 2 is 2.07 bits per heavy atom. The van der Waals surface area contributed by atoms with Gasteiger partial charge in [-0.25, -0.2) is 18.4 Å². The van der Waals surface area contributed by atoms with Crippen LogP contribution in [0.1, 0.15) is 24.8 Å². The van der Waals surface area contributed by atoms with Crippen LogP contribution in [-0.2, 0) is 19.4 Å². The van der Waals surface area contributed by atoms with Gasteiger partial charge in [-0.15, -0.1) is 11.3 Å². The molecule has 1 N–H and O–H groups in total. The quantitative estimate of drug-likeness (QED) is 0.797. The van der Waals surface area contributed by atoms with Crippen LogP contribution in [0.2, 0.25) is 0 Å². The van der Waals surface area contributed by atoms with Crippen molar-refractivity contribution in [3.63, 3.8) is 0 Å². The first-order chi connectivity index (χ1) is 13.8. The number of rotatable bonds is 4. The Hall–Kier alpha value is -2.59. The third kappa shape index (κ3) is 4.23. The van der Waals surface area contributed by atoms with E-state index in [4.69, 9.17) is 0 Å². The summed E-state index contributed by atoms with van der Waals surface area (Å²) in [6.45, 7) is 2.00. The number of aromatic nitrogens is 1. The number of hydrogen-bond donors (Lipinski definition) is 1. The molecule has 1 saturated heterocycles. The van der Waals surface area contributed by atoms with Crippen LogP contribution in [0.3, 0.4) is 0 Å². The summed E-state index contributed by atoms with van der Waals surface area (Å²) in [4.78, 5) is 29.3. The minimum atomic E-state index is -3.15. The maximum absolute atomic E-state index is 12.6. The maximum atomic E-state index is 12.6. The number of benzene rings is 1. The van der Waals surface area contributed by atoms with Crippen LogP contribution in [0.5, 0.6) is 0 Å². The molecule has 1 fully saturated rings. The largest absolute Gasteiger partial charge is 0.297 e. The highest BCUT2D eigenvalue weighted by molar-refractivity contribution is 7.91. The Labute approximate surface area is 172 Å². The molecule has 152 valence electrons. The van der Waals surface area contributed by atoms with Crippen LogP contribution in [0.15, 0.2) is 34.7 Å². The van der Waals surface area contributed by atoms with Crippen LogP contribution in [0.4, 0.5) is 5.13 Å². The van der Waals surface area contributed by atoms with E-state index in [9.17, 15) is 18.0 Å². The third-order valence-corrected chi connectivity index (χ3v) is 7.53. The van der Waals surface area contributed by atoms with E-state index in [2.05, 4.69) is 15.4 Å². The van der Waals surface area contributed by atoms with Crippen molar-refractivity contribution in [1.82, 2.24) is 9.99 Å². The zero-order valence-corrected chi connectivity index (χ0v) is 17.4. The second kappa shape index (κ2) is 7.68. The van der Waals surface area contributed by atoms with Gasteiger partial charge >= 0.3 is 0 Å². The van der Waals surface area contributed by atoms with E-state index in [1.165, 1.54) is 16.3 Å². The molecular formula is C19H20N4O4S2. The fraction of sp³-hybridized carbons (Fsp3) is 0.368. The fourth-order valence-electron chi connectivity index (χ4n) is 3.47. The van der Waals surface area contributed by atoms with Gasteiger partial charge in [0.15, 0.2) is 15.0 Å². The normalized spacial score (nSPS) is 21.1. The molecule has 1 atom stereocenters. The summed E-state index contributed by atoms with van der Waals surface area (Å²) >= 11 is 1.31. The third-order valence-electron chi connectivity index (χ3n) is 5.02. The Morgan fingerprint density at radius 3 is 2.79 bits per heavy atom. The van der Waals surface area contributed by atoms with Gasteiger partial charge in [0.2, 0.25) is 5.91 Å². The lowest BCUT2D eigenvalue weighted by Crippen LogP contribution is -2.42. The molecule has 0 aliphatic carbocycles. The van der Waals surface area contributed by atoms with Gasteiger partial charge < -0.3 is 0 Å². The predicted octanol–water partition coefficient (Wildman–Crippen LogP) is 2.22. The molecule has 1 unspecified atom stereocenters. The second-order valence-electron chi connectivity index (χ2n) is 7.15. The van der Waals surface area contributed by atoms with E-state index in [-0.39, 0.29) is 36.0 Å². The Morgan fingerprint density at radius 1 is 1.28 bits per heavy atom. The van der Waals surface area contributed by atoms with Crippen molar-refractivity contribution in [2.75, 3.05) is 16.8 Å². The number of nitrogens with one attached hydrogen (secondary N) is 1. The molecule has 0 saturated carbocycles. The topological polar surface area (TPSA) is 109 Å². The molecule has 0 bridgehead atoms. The number of carbonyl (C=O) groups excluding carboxylic acids is 2. The number of carbonyl (C=O) groups is 2. The van der Waals surface area contributed by atoms with E-state index < -0.39 is 21.8 Å². The van der Waals surface area contributed by atoms with Crippen LogP contribution in [0, 0.1) is 6.92 Å². The van der Waals surface area contributed by atoms with Crippen molar-refractivity contribution in [3.8, 4) is 11.3 Å². The van der Waals surface area contributed by atoms with E-state index in [1.54, 1.807) is 0 Å². The van der Waals surface area contributed by atoms with Crippen LogP contribution < -0.4 is 5.32 Å². The van der Waals surface area contributed by atoms with E-state index in [0.29, 0.717) is 11.6 Å². The van der Waals surface area contributed by atoms with Gasteiger partial charge in [0.1, 0.15) is 5.71 Å². The summed E-state index contributed by atoms with van der Waals surface area (Å²) in [6, 6.07) is 7.37. The first-order valence-electron chi connectivity index (χ1n) is 9.25. The first-order valence-corrected chi connectivity index (χ1v) is 12.0.